The van der Waals surface area contributed by atoms with E-state index in [1.165, 1.54) is 18.3 Å². The highest BCUT2D eigenvalue weighted by molar-refractivity contribution is 7.21. The molecule has 2 N–H and O–H groups in total. The smallest absolute Gasteiger partial charge is 0.171 e. The van der Waals surface area contributed by atoms with E-state index in [2.05, 4.69) is 4.98 Å². The molecule has 0 amide bonds. The van der Waals surface area contributed by atoms with Crippen LogP contribution < -0.4 is 5.73 Å². The maximum absolute atomic E-state index is 11.2. The van der Waals surface area contributed by atoms with Gasteiger partial charge in [0, 0.05) is 18.5 Å². The van der Waals surface area contributed by atoms with E-state index in [1.54, 1.807) is 6.20 Å². The second-order valence-electron chi connectivity index (χ2n) is 3.21. The van der Waals surface area contributed by atoms with Crippen molar-refractivity contribution in [2.24, 2.45) is 0 Å². The molecule has 0 aromatic carbocycles. The summed E-state index contributed by atoms with van der Waals surface area (Å²) in [5.41, 5.74) is 7.53. The van der Waals surface area contributed by atoms with Crippen LogP contribution in [0.4, 0.5) is 5.69 Å². The number of nitrogens with two attached hydrogens (primary N) is 1. The summed E-state index contributed by atoms with van der Waals surface area (Å²) in [7, 11) is 0. The van der Waals surface area contributed by atoms with Gasteiger partial charge in [-0.2, -0.15) is 0 Å². The average molecular weight is 206 g/mol. The van der Waals surface area contributed by atoms with Gasteiger partial charge in [-0.1, -0.05) is 0 Å². The number of ketones is 1. The highest BCUT2D eigenvalue weighted by atomic mass is 32.1. The Morgan fingerprint density at radius 3 is 2.86 bits per heavy atom. The van der Waals surface area contributed by atoms with E-state index in [9.17, 15) is 4.79 Å². The fraction of sp³-hybridized carbons (Fsp3) is 0.200. The lowest BCUT2D eigenvalue weighted by atomic mass is 10.1. The first-order valence-electron chi connectivity index (χ1n) is 4.25. The third kappa shape index (κ3) is 1.19. The zero-order valence-corrected chi connectivity index (χ0v) is 8.81. The monoisotopic (exact) mass is 206 g/mol. The van der Waals surface area contributed by atoms with E-state index >= 15 is 0 Å². The Bertz CT molecular complexity index is 516. The van der Waals surface area contributed by atoms with Crippen molar-refractivity contribution in [2.45, 2.75) is 13.8 Å². The van der Waals surface area contributed by atoms with E-state index in [0.29, 0.717) is 10.6 Å². The molecule has 2 rings (SSSR count). The van der Waals surface area contributed by atoms with Gasteiger partial charge in [0.25, 0.3) is 0 Å². The Morgan fingerprint density at radius 2 is 2.29 bits per heavy atom. The van der Waals surface area contributed by atoms with Crippen LogP contribution in [0, 0.1) is 6.92 Å². The van der Waals surface area contributed by atoms with Crippen molar-refractivity contribution in [3.8, 4) is 0 Å². The van der Waals surface area contributed by atoms with Crippen molar-refractivity contribution in [1.29, 1.82) is 0 Å². The van der Waals surface area contributed by atoms with Gasteiger partial charge >= 0.3 is 0 Å². The Morgan fingerprint density at radius 1 is 1.57 bits per heavy atom. The average Bonchev–Trinajstić information content (AvgIpc) is 2.45. The predicted molar refractivity (Wildman–Crippen MR) is 58.8 cm³/mol. The third-order valence-corrected chi connectivity index (χ3v) is 3.37. The highest BCUT2D eigenvalue weighted by Gasteiger charge is 2.14. The largest absolute Gasteiger partial charge is 0.397 e. The minimum absolute atomic E-state index is 0.00454. The number of hydrogen-bond acceptors (Lipinski definition) is 4. The predicted octanol–water partition coefficient (Wildman–Crippen LogP) is 2.39. The Balaban J connectivity index is 2.87. The van der Waals surface area contributed by atoms with Crippen LogP contribution in [0.15, 0.2) is 12.3 Å². The van der Waals surface area contributed by atoms with Gasteiger partial charge in [-0.15, -0.1) is 11.3 Å². The molecule has 0 atom stereocenters. The standard InChI is InChI=1S/C10H10N2OS/c1-5-3-4-12-10-7(5)8(11)9(14-10)6(2)13/h3-4H,11H2,1-2H3. The fourth-order valence-corrected chi connectivity index (χ4v) is 2.50. The van der Waals surface area contributed by atoms with Crippen LogP contribution in [0.3, 0.4) is 0 Å². The number of carbonyl (C=O) groups excluding carboxylic acids is 1. The molecule has 0 radical (unpaired) electrons. The van der Waals surface area contributed by atoms with E-state index in [0.717, 1.165) is 15.8 Å². The first-order valence-corrected chi connectivity index (χ1v) is 5.07. The van der Waals surface area contributed by atoms with E-state index in [-0.39, 0.29) is 5.78 Å². The molecule has 0 aliphatic carbocycles. The van der Waals surface area contributed by atoms with Crippen molar-refractivity contribution in [1.82, 2.24) is 4.98 Å². The first kappa shape index (κ1) is 9.15. The van der Waals surface area contributed by atoms with Gasteiger partial charge in [0.1, 0.15) is 4.83 Å². The maximum atomic E-state index is 11.2. The topological polar surface area (TPSA) is 56.0 Å². The lowest BCUT2D eigenvalue weighted by Crippen LogP contribution is -1.94. The number of rotatable bonds is 1. The van der Waals surface area contributed by atoms with Crippen LogP contribution in [0.2, 0.25) is 0 Å². The molecule has 2 aromatic heterocycles. The lowest BCUT2D eigenvalue weighted by molar-refractivity contribution is 0.102. The molecule has 0 bridgehead atoms. The minimum Gasteiger partial charge on any atom is -0.397 e. The fourth-order valence-electron chi connectivity index (χ4n) is 1.47. The van der Waals surface area contributed by atoms with E-state index in [4.69, 9.17) is 5.73 Å². The Labute approximate surface area is 85.6 Å². The van der Waals surface area contributed by atoms with Crippen molar-refractivity contribution >= 4 is 33.0 Å². The van der Waals surface area contributed by atoms with E-state index in [1.807, 2.05) is 13.0 Å². The third-order valence-electron chi connectivity index (χ3n) is 2.16. The lowest BCUT2D eigenvalue weighted by Gasteiger charge is -1.96. The number of fused-ring (bicyclic) bond motifs is 1. The Hall–Kier alpha value is -1.42. The molecule has 2 aromatic rings. The Kier molecular flexibility index (Phi) is 2.00. The maximum Gasteiger partial charge on any atom is 0.171 e. The molecule has 72 valence electrons. The normalized spacial score (nSPS) is 10.7. The number of thiophene rings is 1. The second kappa shape index (κ2) is 3.06. The number of hydrogen-bond donors (Lipinski definition) is 1. The van der Waals surface area contributed by atoms with Crippen LogP contribution in [-0.4, -0.2) is 10.8 Å². The molecule has 0 aliphatic rings. The minimum atomic E-state index is 0.00454. The molecule has 0 saturated carbocycles. The highest BCUT2D eigenvalue weighted by Crippen LogP contribution is 2.34. The molecule has 0 saturated heterocycles. The van der Waals surface area contributed by atoms with Crippen LogP contribution in [0.5, 0.6) is 0 Å². The summed E-state index contributed by atoms with van der Waals surface area (Å²) in [5.74, 6) is 0.00454. The second-order valence-corrected chi connectivity index (χ2v) is 4.21. The summed E-state index contributed by atoms with van der Waals surface area (Å²) >= 11 is 1.36. The summed E-state index contributed by atoms with van der Waals surface area (Å²) in [6.07, 6.45) is 1.73. The van der Waals surface area contributed by atoms with Crippen molar-refractivity contribution in [3.63, 3.8) is 0 Å². The van der Waals surface area contributed by atoms with Crippen LogP contribution >= 0.6 is 11.3 Å². The number of carbonyl (C=O) groups is 1. The molecule has 0 unspecified atom stereocenters. The molecule has 3 nitrogen and oxygen atoms in total. The van der Waals surface area contributed by atoms with Gasteiger partial charge in [-0.05, 0) is 18.6 Å². The van der Waals surface area contributed by atoms with Crippen molar-refractivity contribution in [3.05, 3.63) is 22.7 Å². The van der Waals surface area contributed by atoms with Gasteiger partial charge < -0.3 is 5.73 Å². The summed E-state index contributed by atoms with van der Waals surface area (Å²) in [6, 6.07) is 1.90. The van der Waals surface area contributed by atoms with Gasteiger partial charge in [-0.25, -0.2) is 4.98 Å². The number of nitrogen functional groups attached to an aromatic ring is 1. The number of nitrogens with zero attached hydrogens (tertiary/aromatic N) is 1. The van der Waals surface area contributed by atoms with Crippen molar-refractivity contribution in [2.75, 3.05) is 5.73 Å². The van der Waals surface area contributed by atoms with Gasteiger partial charge in [0.15, 0.2) is 5.78 Å². The number of aromatic nitrogens is 1. The number of aryl methyl sites for hydroxylation is 1. The molecule has 0 fully saturated rings. The zero-order valence-electron chi connectivity index (χ0n) is 8.00. The number of pyridine rings is 1. The van der Waals surface area contributed by atoms with Crippen LogP contribution in [-0.2, 0) is 0 Å². The van der Waals surface area contributed by atoms with Crippen LogP contribution in [0.25, 0.3) is 10.2 Å². The van der Waals surface area contributed by atoms with Gasteiger partial charge in [0.2, 0.25) is 0 Å². The van der Waals surface area contributed by atoms with Crippen molar-refractivity contribution < 1.29 is 4.79 Å². The summed E-state index contributed by atoms with van der Waals surface area (Å²) in [4.78, 5) is 16.9. The molecule has 4 heteroatoms. The molecule has 0 aliphatic heterocycles. The molecular weight excluding hydrogens is 196 g/mol. The SMILES string of the molecule is CC(=O)c1sc2nccc(C)c2c1N. The van der Waals surface area contributed by atoms with E-state index < -0.39 is 0 Å². The van der Waals surface area contributed by atoms with Gasteiger partial charge in [-0.3, -0.25) is 4.79 Å². The quantitative estimate of drug-likeness (QED) is 0.729. The summed E-state index contributed by atoms with van der Waals surface area (Å²) in [6.45, 7) is 3.49. The zero-order chi connectivity index (χ0) is 10.3. The number of Topliss-reactive ketones (excluding diaryl/α,β-unsaturated/α-hetero) is 1. The van der Waals surface area contributed by atoms with Gasteiger partial charge in [0.05, 0.1) is 10.6 Å². The summed E-state index contributed by atoms with van der Waals surface area (Å²) < 4.78 is 0. The molecule has 2 heterocycles. The summed E-state index contributed by atoms with van der Waals surface area (Å²) in [5, 5.41) is 0.919. The first-order chi connectivity index (χ1) is 6.61. The van der Waals surface area contributed by atoms with Crippen LogP contribution in [0.1, 0.15) is 22.2 Å². The molecule has 0 spiro atoms. The molecule has 14 heavy (non-hydrogen) atoms. The molecular formula is C10H10N2OS. The number of anilines is 1.